The lowest BCUT2D eigenvalue weighted by Crippen LogP contribution is -2.48. The van der Waals surface area contributed by atoms with E-state index in [1.54, 1.807) is 0 Å². The first-order valence-corrected chi connectivity index (χ1v) is 9.56. The number of hydrogen-bond acceptors (Lipinski definition) is 4. The molecular formula is C20H31IN6O. The number of morpholine rings is 1. The Bertz CT molecular complexity index is 819. The highest BCUT2D eigenvalue weighted by molar-refractivity contribution is 14.0. The molecule has 1 fully saturated rings. The van der Waals surface area contributed by atoms with Crippen LogP contribution in [0.4, 0.5) is 0 Å². The van der Waals surface area contributed by atoms with E-state index in [0.29, 0.717) is 13.2 Å². The second-order valence-corrected chi connectivity index (χ2v) is 7.06. The molecule has 0 spiro atoms. The van der Waals surface area contributed by atoms with Gasteiger partial charge in [-0.1, -0.05) is 23.8 Å². The van der Waals surface area contributed by atoms with E-state index < -0.39 is 0 Å². The zero-order valence-electron chi connectivity index (χ0n) is 17.4. The molecule has 1 unspecified atom stereocenters. The number of nitrogens with one attached hydrogen (secondary N) is 1. The highest BCUT2D eigenvalue weighted by Gasteiger charge is 2.25. The van der Waals surface area contributed by atoms with Crippen LogP contribution in [0, 0.1) is 20.8 Å². The predicted molar refractivity (Wildman–Crippen MR) is 122 cm³/mol. The van der Waals surface area contributed by atoms with Crippen LogP contribution in [0.2, 0.25) is 0 Å². The number of nitrogens with zero attached hydrogens (tertiary/aromatic N) is 5. The van der Waals surface area contributed by atoms with Crippen LogP contribution in [0.3, 0.4) is 0 Å². The summed E-state index contributed by atoms with van der Waals surface area (Å²) >= 11 is 0. The fraction of sp³-hybridized carbons (Fsp3) is 0.550. The lowest BCUT2D eigenvalue weighted by Gasteiger charge is -2.36. The minimum atomic E-state index is 0. The molecule has 1 atom stereocenters. The van der Waals surface area contributed by atoms with Crippen molar-refractivity contribution in [1.82, 2.24) is 25.0 Å². The van der Waals surface area contributed by atoms with Crippen LogP contribution >= 0.6 is 24.0 Å². The Morgan fingerprint density at radius 2 is 2.07 bits per heavy atom. The molecule has 0 radical (unpaired) electrons. The summed E-state index contributed by atoms with van der Waals surface area (Å²) < 4.78 is 8.05. The average molecular weight is 498 g/mol. The van der Waals surface area contributed by atoms with Crippen molar-refractivity contribution in [3.63, 3.8) is 0 Å². The molecule has 0 saturated carbocycles. The van der Waals surface area contributed by atoms with Gasteiger partial charge in [-0.25, -0.2) is 4.99 Å². The van der Waals surface area contributed by atoms with Gasteiger partial charge in [0.05, 0.1) is 13.2 Å². The highest BCUT2D eigenvalue weighted by Crippen LogP contribution is 2.26. The van der Waals surface area contributed by atoms with E-state index in [1.165, 1.54) is 16.7 Å². The number of aryl methyl sites for hydroxylation is 3. The summed E-state index contributed by atoms with van der Waals surface area (Å²) in [7, 11) is 1.97. The Morgan fingerprint density at radius 3 is 2.71 bits per heavy atom. The summed E-state index contributed by atoms with van der Waals surface area (Å²) in [6.45, 7) is 11.9. The lowest BCUT2D eigenvalue weighted by atomic mass is 10.00. The van der Waals surface area contributed by atoms with Crippen LogP contribution in [-0.2, 0) is 18.3 Å². The fourth-order valence-corrected chi connectivity index (χ4v) is 3.38. The SMILES string of the molecule is CCNC(=NCc1nnc(C)n1C)N1CCOC(c2ccc(C)cc2C)C1.I. The monoisotopic (exact) mass is 498 g/mol. The topological polar surface area (TPSA) is 67.6 Å². The van der Waals surface area contributed by atoms with Crippen molar-refractivity contribution in [2.75, 3.05) is 26.2 Å². The number of aliphatic imine (C=N–C) groups is 1. The Kier molecular flexibility index (Phi) is 8.23. The first-order chi connectivity index (χ1) is 13.0. The molecule has 8 heteroatoms. The molecule has 2 heterocycles. The van der Waals surface area contributed by atoms with Gasteiger partial charge in [0.1, 0.15) is 18.5 Å². The maximum atomic E-state index is 6.08. The van der Waals surface area contributed by atoms with Crippen LogP contribution in [0.1, 0.15) is 41.4 Å². The number of ether oxygens (including phenoxy) is 1. The normalized spacial score (nSPS) is 17.4. The Balaban J connectivity index is 0.00000280. The Labute approximate surface area is 184 Å². The third kappa shape index (κ3) is 5.22. The van der Waals surface area contributed by atoms with E-state index in [4.69, 9.17) is 9.73 Å². The maximum absolute atomic E-state index is 6.08. The zero-order chi connectivity index (χ0) is 19.4. The van der Waals surface area contributed by atoms with E-state index in [2.05, 4.69) is 59.4 Å². The number of aromatic nitrogens is 3. The molecule has 0 amide bonds. The summed E-state index contributed by atoms with van der Waals surface area (Å²) in [4.78, 5) is 7.08. The molecule has 28 heavy (non-hydrogen) atoms. The maximum Gasteiger partial charge on any atom is 0.194 e. The first-order valence-electron chi connectivity index (χ1n) is 9.56. The van der Waals surface area contributed by atoms with Crippen LogP contribution in [0.5, 0.6) is 0 Å². The van der Waals surface area contributed by atoms with E-state index >= 15 is 0 Å². The molecule has 0 bridgehead atoms. The van der Waals surface area contributed by atoms with Gasteiger partial charge >= 0.3 is 0 Å². The summed E-state index contributed by atoms with van der Waals surface area (Å²) in [5.74, 6) is 2.66. The average Bonchev–Trinajstić information content (AvgIpc) is 2.97. The Morgan fingerprint density at radius 1 is 1.29 bits per heavy atom. The number of halogens is 1. The van der Waals surface area contributed by atoms with Crippen molar-refractivity contribution < 1.29 is 4.74 Å². The minimum Gasteiger partial charge on any atom is -0.370 e. The van der Waals surface area contributed by atoms with Crippen LogP contribution < -0.4 is 5.32 Å². The summed E-state index contributed by atoms with van der Waals surface area (Å²) in [6.07, 6.45) is 0.0558. The van der Waals surface area contributed by atoms with Gasteiger partial charge in [0.2, 0.25) is 0 Å². The van der Waals surface area contributed by atoms with Crippen molar-refractivity contribution >= 4 is 29.9 Å². The van der Waals surface area contributed by atoms with Gasteiger partial charge in [-0.2, -0.15) is 0 Å². The minimum absolute atomic E-state index is 0. The smallest absolute Gasteiger partial charge is 0.194 e. The second-order valence-electron chi connectivity index (χ2n) is 7.06. The standard InChI is InChI=1S/C20H30N6O.HI/c1-6-21-20(22-12-19-24-23-16(4)25(19)5)26-9-10-27-18(13-26)17-8-7-14(2)11-15(17)3;/h7-8,11,18H,6,9-10,12-13H2,1-5H3,(H,21,22);1H. The van der Waals surface area contributed by atoms with Gasteiger partial charge < -0.3 is 19.5 Å². The largest absolute Gasteiger partial charge is 0.370 e. The highest BCUT2D eigenvalue weighted by atomic mass is 127. The zero-order valence-corrected chi connectivity index (χ0v) is 19.7. The molecule has 154 valence electrons. The van der Waals surface area contributed by atoms with E-state index in [0.717, 1.165) is 37.2 Å². The van der Waals surface area contributed by atoms with Crippen molar-refractivity contribution in [3.8, 4) is 0 Å². The molecule has 1 aromatic carbocycles. The molecular weight excluding hydrogens is 467 g/mol. The van der Waals surface area contributed by atoms with Crippen LogP contribution in [0.15, 0.2) is 23.2 Å². The number of guanidine groups is 1. The van der Waals surface area contributed by atoms with Crippen LogP contribution in [0.25, 0.3) is 0 Å². The van der Waals surface area contributed by atoms with Gasteiger partial charge in [-0.15, -0.1) is 34.2 Å². The Hall–Kier alpha value is -1.68. The quantitative estimate of drug-likeness (QED) is 0.399. The van der Waals surface area contributed by atoms with Crippen molar-refractivity contribution in [2.45, 2.75) is 40.3 Å². The summed E-state index contributed by atoms with van der Waals surface area (Å²) in [6, 6.07) is 6.55. The molecule has 1 aliphatic rings. The molecule has 2 aromatic rings. The van der Waals surface area contributed by atoms with E-state index in [1.807, 2.05) is 18.5 Å². The van der Waals surface area contributed by atoms with Crippen molar-refractivity contribution in [3.05, 3.63) is 46.5 Å². The lowest BCUT2D eigenvalue weighted by molar-refractivity contribution is -0.00835. The molecule has 0 aliphatic carbocycles. The molecule has 1 aromatic heterocycles. The number of benzene rings is 1. The summed E-state index contributed by atoms with van der Waals surface area (Å²) in [5.41, 5.74) is 3.81. The third-order valence-electron chi connectivity index (χ3n) is 5.03. The second kappa shape index (κ2) is 10.2. The molecule has 3 rings (SSSR count). The van der Waals surface area contributed by atoms with Crippen molar-refractivity contribution in [1.29, 1.82) is 0 Å². The first kappa shape index (κ1) is 22.6. The van der Waals surface area contributed by atoms with Gasteiger partial charge in [-0.05, 0) is 38.8 Å². The van der Waals surface area contributed by atoms with Gasteiger partial charge in [0, 0.05) is 20.1 Å². The fourth-order valence-electron chi connectivity index (χ4n) is 3.38. The van der Waals surface area contributed by atoms with Gasteiger partial charge in [0.25, 0.3) is 0 Å². The van der Waals surface area contributed by atoms with E-state index in [9.17, 15) is 0 Å². The van der Waals surface area contributed by atoms with Crippen molar-refractivity contribution in [2.24, 2.45) is 12.0 Å². The van der Waals surface area contributed by atoms with Crippen LogP contribution in [-0.4, -0.2) is 51.9 Å². The number of rotatable bonds is 4. The molecule has 1 saturated heterocycles. The van der Waals surface area contributed by atoms with E-state index in [-0.39, 0.29) is 30.1 Å². The molecule has 7 nitrogen and oxygen atoms in total. The summed E-state index contributed by atoms with van der Waals surface area (Å²) in [5, 5.41) is 11.7. The molecule has 1 aliphatic heterocycles. The molecule has 1 N–H and O–H groups in total. The number of hydrogen-bond donors (Lipinski definition) is 1. The van der Waals surface area contributed by atoms with Gasteiger partial charge in [0.15, 0.2) is 11.8 Å². The predicted octanol–water partition coefficient (Wildman–Crippen LogP) is 2.90. The third-order valence-corrected chi connectivity index (χ3v) is 5.03. The van der Waals surface area contributed by atoms with Gasteiger partial charge in [-0.3, -0.25) is 0 Å².